The zero-order chi connectivity index (χ0) is 16.3. The summed E-state index contributed by atoms with van der Waals surface area (Å²) in [6, 6.07) is 8.76. The molecule has 1 aliphatic heterocycles. The minimum atomic E-state index is -0.534. The number of aromatic nitrogens is 2. The summed E-state index contributed by atoms with van der Waals surface area (Å²) in [4.78, 5) is 4.26. The van der Waals surface area contributed by atoms with E-state index in [1.807, 2.05) is 31.1 Å². The highest BCUT2D eigenvalue weighted by Crippen LogP contribution is 2.27. The standard InChI is InChI=1S/C18H25N3OS/c1-14(20-13-18(22)7-11-23-12-8-18)16-3-5-17(6-4-16)21-10-9-19-15(21)2/h3-6,9-10,14,20,22H,7-8,11-13H2,1-2H3. The molecule has 1 saturated heterocycles. The minimum absolute atomic E-state index is 0.228. The molecular weight excluding hydrogens is 306 g/mol. The van der Waals surface area contributed by atoms with Crippen molar-refractivity contribution >= 4 is 11.8 Å². The molecule has 1 unspecified atom stereocenters. The van der Waals surface area contributed by atoms with Gasteiger partial charge in [-0.1, -0.05) is 12.1 Å². The smallest absolute Gasteiger partial charge is 0.110 e. The van der Waals surface area contributed by atoms with Crippen LogP contribution in [0.2, 0.25) is 0 Å². The van der Waals surface area contributed by atoms with Gasteiger partial charge in [-0.25, -0.2) is 4.98 Å². The van der Waals surface area contributed by atoms with E-state index in [2.05, 4.69) is 46.1 Å². The van der Waals surface area contributed by atoms with Crippen LogP contribution in [0, 0.1) is 6.92 Å². The summed E-state index contributed by atoms with van der Waals surface area (Å²) in [5.41, 5.74) is 1.83. The summed E-state index contributed by atoms with van der Waals surface area (Å²) >= 11 is 1.93. The maximum Gasteiger partial charge on any atom is 0.110 e. The number of aryl methyl sites for hydroxylation is 1. The number of nitrogens with one attached hydrogen (secondary N) is 1. The third kappa shape index (κ3) is 3.97. The van der Waals surface area contributed by atoms with Crippen molar-refractivity contribution in [3.63, 3.8) is 0 Å². The lowest BCUT2D eigenvalue weighted by Gasteiger charge is -2.33. The molecule has 5 heteroatoms. The number of imidazole rings is 1. The fourth-order valence-corrected chi connectivity index (χ4v) is 4.22. The lowest BCUT2D eigenvalue weighted by Crippen LogP contribution is -2.44. The second-order valence-electron chi connectivity index (χ2n) is 6.38. The van der Waals surface area contributed by atoms with Crippen molar-refractivity contribution in [1.82, 2.24) is 14.9 Å². The molecule has 1 aromatic carbocycles. The Bertz CT molecular complexity index is 632. The quantitative estimate of drug-likeness (QED) is 0.884. The van der Waals surface area contributed by atoms with Crippen LogP contribution in [0.1, 0.15) is 37.2 Å². The van der Waals surface area contributed by atoms with Gasteiger partial charge in [-0.3, -0.25) is 0 Å². The van der Waals surface area contributed by atoms with E-state index in [0.29, 0.717) is 6.54 Å². The summed E-state index contributed by atoms with van der Waals surface area (Å²) in [5, 5.41) is 14.1. The van der Waals surface area contributed by atoms with Gasteiger partial charge in [0.25, 0.3) is 0 Å². The molecule has 2 aromatic rings. The van der Waals surface area contributed by atoms with Crippen molar-refractivity contribution < 1.29 is 5.11 Å². The normalized spacial score (nSPS) is 18.7. The van der Waals surface area contributed by atoms with Crippen LogP contribution in [0.4, 0.5) is 0 Å². The van der Waals surface area contributed by atoms with Crippen molar-refractivity contribution in [2.45, 2.75) is 38.3 Å². The molecule has 1 fully saturated rings. The third-order valence-electron chi connectivity index (χ3n) is 4.66. The summed E-state index contributed by atoms with van der Waals surface area (Å²) in [7, 11) is 0. The third-order valence-corrected chi connectivity index (χ3v) is 5.64. The molecule has 3 rings (SSSR count). The van der Waals surface area contributed by atoms with Crippen LogP contribution in [0.25, 0.3) is 5.69 Å². The average molecular weight is 331 g/mol. The Morgan fingerprint density at radius 3 is 2.61 bits per heavy atom. The molecule has 0 bridgehead atoms. The van der Waals surface area contributed by atoms with Gasteiger partial charge in [0.05, 0.1) is 5.60 Å². The number of benzene rings is 1. The number of hydrogen-bond donors (Lipinski definition) is 2. The van der Waals surface area contributed by atoms with Crippen LogP contribution in [0.15, 0.2) is 36.7 Å². The first-order valence-corrected chi connectivity index (χ1v) is 9.37. The van der Waals surface area contributed by atoms with Crippen LogP contribution < -0.4 is 5.32 Å². The number of nitrogens with zero attached hydrogens (tertiary/aromatic N) is 2. The molecule has 1 aromatic heterocycles. The van der Waals surface area contributed by atoms with Gasteiger partial charge < -0.3 is 15.0 Å². The first-order chi connectivity index (χ1) is 11.1. The fraction of sp³-hybridized carbons (Fsp3) is 0.500. The van der Waals surface area contributed by atoms with Crippen molar-refractivity contribution in [1.29, 1.82) is 0 Å². The number of hydrogen-bond acceptors (Lipinski definition) is 4. The Labute approximate surface area is 142 Å². The van der Waals surface area contributed by atoms with Gasteiger partial charge in [0.15, 0.2) is 0 Å². The van der Waals surface area contributed by atoms with E-state index in [1.165, 1.54) is 5.56 Å². The Morgan fingerprint density at radius 1 is 1.30 bits per heavy atom. The van der Waals surface area contributed by atoms with Gasteiger partial charge in [0.2, 0.25) is 0 Å². The number of rotatable bonds is 5. The van der Waals surface area contributed by atoms with E-state index in [1.54, 1.807) is 0 Å². The van der Waals surface area contributed by atoms with Crippen molar-refractivity contribution in [2.24, 2.45) is 0 Å². The highest BCUT2D eigenvalue weighted by molar-refractivity contribution is 7.99. The minimum Gasteiger partial charge on any atom is -0.389 e. The topological polar surface area (TPSA) is 50.1 Å². The molecule has 124 valence electrons. The second-order valence-corrected chi connectivity index (χ2v) is 7.60. The SMILES string of the molecule is Cc1nccn1-c1ccc(C(C)NCC2(O)CCSCC2)cc1. The van der Waals surface area contributed by atoms with Gasteiger partial charge in [0.1, 0.15) is 5.82 Å². The molecule has 1 atom stereocenters. The Balaban J connectivity index is 1.61. The molecule has 4 nitrogen and oxygen atoms in total. The monoisotopic (exact) mass is 331 g/mol. The van der Waals surface area contributed by atoms with Crippen LogP contribution in [0.5, 0.6) is 0 Å². The Morgan fingerprint density at radius 2 is 2.00 bits per heavy atom. The van der Waals surface area contributed by atoms with Crippen LogP contribution >= 0.6 is 11.8 Å². The lowest BCUT2D eigenvalue weighted by atomic mass is 9.96. The van der Waals surface area contributed by atoms with Gasteiger partial charge in [0, 0.05) is 30.7 Å². The molecule has 2 heterocycles. The van der Waals surface area contributed by atoms with E-state index in [-0.39, 0.29) is 6.04 Å². The maximum atomic E-state index is 10.6. The molecule has 2 N–H and O–H groups in total. The highest BCUT2D eigenvalue weighted by atomic mass is 32.2. The first kappa shape index (κ1) is 16.6. The lowest BCUT2D eigenvalue weighted by molar-refractivity contribution is 0.0300. The molecule has 1 aliphatic rings. The molecule has 0 radical (unpaired) electrons. The van der Waals surface area contributed by atoms with Gasteiger partial charge in [-0.2, -0.15) is 11.8 Å². The van der Waals surface area contributed by atoms with Crippen molar-refractivity contribution in [2.75, 3.05) is 18.1 Å². The fourth-order valence-electron chi connectivity index (χ4n) is 2.96. The Hall–Kier alpha value is -1.30. The largest absolute Gasteiger partial charge is 0.389 e. The van der Waals surface area contributed by atoms with Crippen molar-refractivity contribution in [3.05, 3.63) is 48.0 Å². The van der Waals surface area contributed by atoms with E-state index in [9.17, 15) is 5.11 Å². The molecule has 0 spiro atoms. The number of thioether (sulfide) groups is 1. The molecule has 0 saturated carbocycles. The zero-order valence-electron chi connectivity index (χ0n) is 13.8. The number of aliphatic hydroxyl groups is 1. The summed E-state index contributed by atoms with van der Waals surface area (Å²) in [5.74, 6) is 3.11. The predicted molar refractivity (Wildman–Crippen MR) is 96.2 cm³/mol. The van der Waals surface area contributed by atoms with E-state index in [0.717, 1.165) is 35.9 Å². The van der Waals surface area contributed by atoms with E-state index < -0.39 is 5.60 Å². The van der Waals surface area contributed by atoms with Gasteiger partial charge >= 0.3 is 0 Å². The first-order valence-electron chi connectivity index (χ1n) is 8.21. The van der Waals surface area contributed by atoms with Crippen LogP contribution in [0.3, 0.4) is 0 Å². The average Bonchev–Trinajstić information content (AvgIpc) is 3.00. The van der Waals surface area contributed by atoms with Crippen molar-refractivity contribution in [3.8, 4) is 5.69 Å². The second kappa shape index (κ2) is 7.07. The molecular formula is C18H25N3OS. The van der Waals surface area contributed by atoms with Gasteiger partial charge in [-0.05, 0) is 55.9 Å². The summed E-state index contributed by atoms with van der Waals surface area (Å²) in [6.07, 6.45) is 5.56. The van der Waals surface area contributed by atoms with Crippen LogP contribution in [-0.2, 0) is 0 Å². The summed E-state index contributed by atoms with van der Waals surface area (Å²) < 4.78 is 2.07. The van der Waals surface area contributed by atoms with Crippen LogP contribution in [-0.4, -0.2) is 38.3 Å². The zero-order valence-corrected chi connectivity index (χ0v) is 14.6. The van der Waals surface area contributed by atoms with E-state index >= 15 is 0 Å². The predicted octanol–water partition coefficient (Wildman–Crippen LogP) is 3.09. The molecule has 0 aliphatic carbocycles. The maximum absolute atomic E-state index is 10.6. The molecule has 23 heavy (non-hydrogen) atoms. The van der Waals surface area contributed by atoms with E-state index in [4.69, 9.17) is 0 Å². The Kier molecular flexibility index (Phi) is 5.09. The molecule has 0 amide bonds. The summed E-state index contributed by atoms with van der Waals surface area (Å²) in [6.45, 7) is 4.82. The highest BCUT2D eigenvalue weighted by Gasteiger charge is 2.29. The van der Waals surface area contributed by atoms with Gasteiger partial charge in [-0.15, -0.1) is 0 Å².